The molecule has 0 saturated heterocycles. The Kier molecular flexibility index (Phi) is 380. The summed E-state index contributed by atoms with van der Waals surface area (Å²) in [7, 11) is 3.83. The molecule has 6 nitrogen and oxygen atoms in total. The van der Waals surface area contributed by atoms with Gasteiger partial charge in [-0.25, -0.2) is 52.7 Å². The Bertz CT molecular complexity index is 458. The van der Waals surface area contributed by atoms with Crippen molar-refractivity contribution in [3.05, 3.63) is 0 Å². The Morgan fingerprint density at radius 3 is 0.420 bits per heavy atom. The first-order valence-corrected chi connectivity index (χ1v) is 14.2. The van der Waals surface area contributed by atoms with E-state index >= 15 is 0 Å². The van der Waals surface area contributed by atoms with Gasteiger partial charge in [0, 0.05) is 6.42 Å². The third kappa shape index (κ3) is 755. The second kappa shape index (κ2) is 166. The highest BCUT2D eigenvalue weighted by atomic mass is 19.4. The van der Waals surface area contributed by atoms with E-state index < -0.39 is 77.5 Å². The molecule has 0 unspecified atom stereocenters. The zero-order chi connectivity index (χ0) is 52.9. The SMILES string of the molecule is C.C.C.C.C.C.C.C.C.CC(C)(CF)OF.CC(C)(CF)OF.CCC(F)(F)F.CCF.CCF.CCF.COF.COF.COF.COF.FC(F)C(F)(F)F.FCF.FCF.FCF.FCF. The molecule has 0 radical (unpaired) electrons. The molecule has 0 fully saturated rings. The van der Waals surface area contributed by atoms with E-state index in [2.05, 4.69) is 29.6 Å². The normalized spacial score (nSPS) is 7.65. The summed E-state index contributed by atoms with van der Waals surface area (Å²) in [6, 6.07) is 0. The minimum atomic E-state index is -5.33. The van der Waals surface area contributed by atoms with Gasteiger partial charge in [-0.15, -0.1) is 0 Å². The van der Waals surface area contributed by atoms with E-state index in [1.54, 1.807) is 0 Å². The van der Waals surface area contributed by atoms with Crippen LogP contribution in [0.15, 0.2) is 0 Å². The Hall–Kier alpha value is -2.13. The number of alkyl halides is 21. The molecule has 0 saturated carbocycles. The van der Waals surface area contributed by atoms with Crippen LogP contribution >= 0.6 is 0 Å². The van der Waals surface area contributed by atoms with Crippen molar-refractivity contribution in [2.75, 3.05) is 89.5 Å². The van der Waals surface area contributed by atoms with Gasteiger partial charge >= 0.3 is 18.8 Å². The van der Waals surface area contributed by atoms with Gasteiger partial charge in [-0.05, 0) is 75.6 Å². The zero-order valence-electron chi connectivity index (χ0n) is 34.3. The highest BCUT2D eigenvalue weighted by Gasteiger charge is 2.40. The summed E-state index contributed by atoms with van der Waals surface area (Å²) in [5, 5.41) is 0. The van der Waals surface area contributed by atoms with Crippen LogP contribution in [0.1, 0.15) is 129 Å². The maximum atomic E-state index is 11.4. The number of hydrogen-bond donors (Lipinski definition) is 0. The molecule has 0 heterocycles. The zero-order valence-corrected chi connectivity index (χ0v) is 34.3. The predicted molar refractivity (Wildman–Crippen MR) is 229 cm³/mol. The lowest BCUT2D eigenvalue weighted by Crippen LogP contribution is -2.22. The molecule has 0 amide bonds. The fourth-order valence-corrected chi connectivity index (χ4v) is 0.0412. The second-order valence-electron chi connectivity index (χ2n) is 7.58. The number of hydrogen-bond acceptors (Lipinski definition) is 6. The molecule has 0 spiro atoms. The topological polar surface area (TPSA) is 55.4 Å². The van der Waals surface area contributed by atoms with Crippen LogP contribution in [0.25, 0.3) is 0 Å². The van der Waals surface area contributed by atoms with Crippen LogP contribution in [0.4, 0.5) is 119 Å². The molecule has 0 aliphatic rings. The first-order chi connectivity index (χ1) is 27.3. The molecular weight excluding hydrogens is 1040 g/mol. The maximum Gasteiger partial charge on any atom is 0.450 e. The Morgan fingerprint density at radius 2 is 0.420 bits per heavy atom. The van der Waals surface area contributed by atoms with Gasteiger partial charge < -0.3 is 0 Å². The molecule has 69 heavy (non-hydrogen) atoms. The van der Waals surface area contributed by atoms with Gasteiger partial charge in [0.1, 0.15) is 24.6 Å². The van der Waals surface area contributed by atoms with Crippen LogP contribution < -0.4 is 0 Å². The fourth-order valence-electron chi connectivity index (χ4n) is 0.0412. The van der Waals surface area contributed by atoms with Crippen molar-refractivity contribution in [2.45, 2.75) is 159 Å². The van der Waals surface area contributed by atoms with E-state index in [1.807, 2.05) is 0 Å². The molecule has 0 bridgehead atoms. The first-order valence-electron chi connectivity index (χ1n) is 14.2. The monoisotopic (exact) mass is 1130 g/mol. The van der Waals surface area contributed by atoms with Crippen LogP contribution in [-0.2, 0) is 29.6 Å². The van der Waals surface area contributed by atoms with Crippen LogP contribution in [0.3, 0.4) is 0 Å². The summed E-state index contributed by atoms with van der Waals surface area (Å²) >= 11 is 0. The molecule has 0 aromatic carbocycles. The van der Waals surface area contributed by atoms with Crippen molar-refractivity contribution < 1.29 is 149 Å². The summed E-state index contributed by atoms with van der Waals surface area (Å²) in [4.78, 5) is 17.4. The van der Waals surface area contributed by atoms with E-state index in [9.17, 15) is 119 Å². The average molecular weight is 1140 g/mol. The van der Waals surface area contributed by atoms with Crippen LogP contribution in [0, 0.1) is 0 Å². The van der Waals surface area contributed by atoms with Crippen molar-refractivity contribution in [3.8, 4) is 0 Å². The van der Waals surface area contributed by atoms with Gasteiger partial charge in [-0.1, -0.05) is 73.8 Å². The molecule has 33 heteroatoms. The minimum Gasteiger partial charge on any atom is -0.251 e. The second-order valence-corrected chi connectivity index (χ2v) is 7.58. The molecule has 0 aromatic heterocycles. The van der Waals surface area contributed by atoms with Gasteiger partial charge in [0.15, 0.2) is 0 Å². The Labute approximate surface area is 397 Å². The number of rotatable bonds is 4. The minimum absolute atomic E-state index is 0. The van der Waals surface area contributed by atoms with Crippen molar-refractivity contribution >= 4 is 0 Å². The molecule has 0 atom stereocenters. The maximum absolute atomic E-state index is 11.4. The predicted octanol–water partition coefficient (Wildman–Crippen LogP) is 21.3. The van der Waals surface area contributed by atoms with E-state index in [4.69, 9.17) is 0 Å². The molecule has 462 valence electrons. The highest BCUT2D eigenvalue weighted by Crippen LogP contribution is 2.23. The van der Waals surface area contributed by atoms with Gasteiger partial charge in [-0.3, -0.25) is 13.2 Å². The molecule has 0 rings (SSSR count). The largest absolute Gasteiger partial charge is 0.450 e. The standard InChI is InChI=1S/2C4H8F2O.C3H5F3.C2HF5.3C2H5F.4CH2F2.4CH3FO.9CH4/c2*1-4(2,3-5)7-6;1-2-3(4,5)6;3-1(4)2(5,6)7;3*1-2-3;4*2-1-3;4*1-3-2;;;;;;;;;/h2*3H2,1-2H3;2H2,1H3;1H;3*2H2,1H3;4*1H2;4*1H3;9*1H4. The van der Waals surface area contributed by atoms with E-state index in [1.165, 1.54) is 48.5 Å². The van der Waals surface area contributed by atoms with Crippen LogP contribution in [-0.4, -0.2) is 120 Å². The Morgan fingerprint density at radius 1 is 0.348 bits per heavy atom. The first kappa shape index (κ1) is 158. The Balaban J connectivity index is -0.0000000144. The average Bonchev–Trinajstić information content (AvgIpc) is 3.12. The smallest absolute Gasteiger partial charge is 0.251 e. The van der Waals surface area contributed by atoms with Gasteiger partial charge in [0.2, 0.25) is 27.7 Å². The third-order valence-electron chi connectivity index (χ3n) is 1.71. The third-order valence-corrected chi connectivity index (χ3v) is 1.71. The lowest BCUT2D eigenvalue weighted by Gasteiger charge is -2.11. The molecule has 0 aliphatic heterocycles. The summed E-state index contributed by atoms with van der Waals surface area (Å²) < 4.78 is 276. The van der Waals surface area contributed by atoms with E-state index in [-0.39, 0.29) is 86.9 Å². The molecule has 0 aliphatic carbocycles. The van der Waals surface area contributed by atoms with Crippen molar-refractivity contribution in [1.29, 1.82) is 0 Å². The quantitative estimate of drug-likeness (QED) is 0.262. The number of halogens is 27. The van der Waals surface area contributed by atoms with E-state index in [0.717, 1.165) is 35.4 Å². The summed E-state index contributed by atoms with van der Waals surface area (Å²) in [6.07, 6.45) is -14.2. The molecular formula is C36H93F27O6. The van der Waals surface area contributed by atoms with Crippen molar-refractivity contribution in [3.63, 3.8) is 0 Å². The summed E-state index contributed by atoms with van der Waals surface area (Å²) in [6.45, 7) is 1.41. The molecule has 0 aromatic rings. The molecule has 0 N–H and O–H groups in total. The fraction of sp³-hybridized carbons (Fsp3) is 1.00. The lowest BCUT2D eigenvalue weighted by molar-refractivity contribution is -0.226. The highest BCUT2D eigenvalue weighted by molar-refractivity contribution is 4.63. The van der Waals surface area contributed by atoms with Crippen molar-refractivity contribution in [1.82, 2.24) is 0 Å². The summed E-state index contributed by atoms with van der Waals surface area (Å²) in [5.74, 6) is 0. The lowest BCUT2D eigenvalue weighted by atomic mass is 10.2. The van der Waals surface area contributed by atoms with Gasteiger partial charge in [-0.2, -0.15) is 56.0 Å². The van der Waals surface area contributed by atoms with Gasteiger partial charge in [0.25, 0.3) is 0 Å². The van der Waals surface area contributed by atoms with Crippen LogP contribution in [0.5, 0.6) is 0 Å². The summed E-state index contributed by atoms with van der Waals surface area (Å²) in [5.41, 5.74) is -2.50. The van der Waals surface area contributed by atoms with E-state index in [0.29, 0.717) is 0 Å². The van der Waals surface area contributed by atoms with Crippen molar-refractivity contribution in [2.24, 2.45) is 0 Å². The van der Waals surface area contributed by atoms with Gasteiger partial charge in [0.05, 0.1) is 48.5 Å². The van der Waals surface area contributed by atoms with Crippen LogP contribution in [0.2, 0.25) is 0 Å².